The molecule has 21 heavy (non-hydrogen) atoms. The Hall–Kier alpha value is -2.24. The summed E-state index contributed by atoms with van der Waals surface area (Å²) in [6, 6.07) is 13.8. The van der Waals surface area contributed by atoms with Crippen LogP contribution in [-0.2, 0) is 0 Å². The van der Waals surface area contributed by atoms with Crippen LogP contribution in [0.4, 0.5) is 0 Å². The van der Waals surface area contributed by atoms with E-state index >= 15 is 0 Å². The summed E-state index contributed by atoms with van der Waals surface area (Å²) in [6.45, 7) is 0.803. The van der Waals surface area contributed by atoms with Crippen molar-refractivity contribution in [2.24, 2.45) is 5.84 Å². The van der Waals surface area contributed by atoms with Gasteiger partial charge in [0.1, 0.15) is 24.7 Å². The maximum Gasteiger partial charge on any atom is 0.265 e. The molecule has 2 rings (SSSR count). The summed E-state index contributed by atoms with van der Waals surface area (Å²) in [5.74, 6) is 6.10. The largest absolute Gasteiger partial charge is 0.490 e. The van der Waals surface area contributed by atoms with Gasteiger partial charge >= 0.3 is 0 Å². The molecule has 0 spiro atoms. The minimum atomic E-state index is -0.340. The normalized spacial score (nSPS) is 10.0. The Bertz CT molecular complexity index is 585. The summed E-state index contributed by atoms with van der Waals surface area (Å²) >= 11 is 5.78. The van der Waals surface area contributed by atoms with Gasteiger partial charge in [0.15, 0.2) is 0 Å². The molecule has 0 aliphatic rings. The monoisotopic (exact) mass is 306 g/mol. The van der Waals surface area contributed by atoms with E-state index in [2.05, 4.69) is 5.43 Å². The summed E-state index contributed by atoms with van der Waals surface area (Å²) in [4.78, 5) is 11.3. The van der Waals surface area contributed by atoms with Crippen LogP contribution in [0.5, 0.6) is 11.5 Å². The Morgan fingerprint density at radius 1 is 0.952 bits per heavy atom. The zero-order chi connectivity index (χ0) is 15.1. The molecule has 0 fully saturated rings. The van der Waals surface area contributed by atoms with E-state index in [1.807, 2.05) is 0 Å². The molecule has 6 heteroatoms. The van der Waals surface area contributed by atoms with Gasteiger partial charge in [0, 0.05) is 10.6 Å². The third-order valence-corrected chi connectivity index (χ3v) is 2.93. The van der Waals surface area contributed by atoms with E-state index in [9.17, 15) is 4.79 Å². The molecule has 0 aliphatic carbocycles. The van der Waals surface area contributed by atoms with Crippen LogP contribution in [0.2, 0.25) is 5.02 Å². The Kier molecular flexibility index (Phi) is 5.43. The van der Waals surface area contributed by atoms with Gasteiger partial charge in [0.05, 0.1) is 0 Å². The third-order valence-electron chi connectivity index (χ3n) is 2.68. The molecule has 5 nitrogen and oxygen atoms in total. The molecule has 1 amide bonds. The summed E-state index contributed by atoms with van der Waals surface area (Å²) in [7, 11) is 0. The fourth-order valence-corrected chi connectivity index (χ4v) is 1.76. The van der Waals surface area contributed by atoms with Crippen molar-refractivity contribution >= 4 is 17.5 Å². The lowest BCUT2D eigenvalue weighted by molar-refractivity contribution is 0.0953. The van der Waals surface area contributed by atoms with Crippen LogP contribution in [0.25, 0.3) is 0 Å². The van der Waals surface area contributed by atoms with Gasteiger partial charge in [0.25, 0.3) is 5.91 Å². The molecular weight excluding hydrogens is 292 g/mol. The number of hydrazine groups is 1. The molecule has 3 N–H and O–H groups in total. The van der Waals surface area contributed by atoms with Gasteiger partial charge in [-0.1, -0.05) is 11.6 Å². The average Bonchev–Trinajstić information content (AvgIpc) is 2.53. The number of nitrogens with two attached hydrogens (primary N) is 1. The topological polar surface area (TPSA) is 73.6 Å². The van der Waals surface area contributed by atoms with Crippen molar-refractivity contribution in [1.82, 2.24) is 5.43 Å². The molecular formula is C15H15ClN2O3. The molecule has 0 aliphatic heterocycles. The van der Waals surface area contributed by atoms with E-state index in [-0.39, 0.29) is 5.91 Å². The predicted molar refractivity (Wildman–Crippen MR) is 80.5 cm³/mol. The second kappa shape index (κ2) is 7.52. The van der Waals surface area contributed by atoms with E-state index in [4.69, 9.17) is 26.9 Å². The van der Waals surface area contributed by atoms with Crippen molar-refractivity contribution in [1.29, 1.82) is 0 Å². The molecule has 0 aromatic heterocycles. The van der Waals surface area contributed by atoms with Crippen molar-refractivity contribution < 1.29 is 14.3 Å². The van der Waals surface area contributed by atoms with Gasteiger partial charge in [-0.25, -0.2) is 5.84 Å². The zero-order valence-electron chi connectivity index (χ0n) is 11.2. The second-order valence-electron chi connectivity index (χ2n) is 4.15. The first kappa shape index (κ1) is 15.2. The van der Waals surface area contributed by atoms with Gasteiger partial charge in [-0.15, -0.1) is 0 Å². The van der Waals surface area contributed by atoms with E-state index in [1.54, 1.807) is 48.5 Å². The second-order valence-corrected chi connectivity index (χ2v) is 4.59. The number of carbonyl (C=O) groups excluding carboxylic acids is 1. The van der Waals surface area contributed by atoms with Crippen molar-refractivity contribution in [3.05, 3.63) is 59.1 Å². The van der Waals surface area contributed by atoms with Gasteiger partial charge in [0.2, 0.25) is 0 Å². The summed E-state index contributed by atoms with van der Waals surface area (Å²) in [5.41, 5.74) is 2.54. The first-order chi connectivity index (χ1) is 10.2. The van der Waals surface area contributed by atoms with Crippen molar-refractivity contribution in [3.8, 4) is 11.5 Å². The van der Waals surface area contributed by atoms with Crippen molar-refractivity contribution in [3.63, 3.8) is 0 Å². The highest BCUT2D eigenvalue weighted by Gasteiger charge is 2.03. The molecule has 0 saturated heterocycles. The molecule has 0 unspecified atom stereocenters. The third kappa shape index (κ3) is 4.66. The molecule has 0 atom stereocenters. The van der Waals surface area contributed by atoms with Crippen LogP contribution in [0.3, 0.4) is 0 Å². The van der Waals surface area contributed by atoms with Gasteiger partial charge in [-0.2, -0.15) is 0 Å². The van der Waals surface area contributed by atoms with Crippen LogP contribution >= 0.6 is 11.6 Å². The summed E-state index contributed by atoms with van der Waals surface area (Å²) in [5, 5.41) is 0.667. The number of hydrogen-bond donors (Lipinski definition) is 2. The molecule has 110 valence electrons. The first-order valence-electron chi connectivity index (χ1n) is 6.31. The Morgan fingerprint density at radius 2 is 1.43 bits per heavy atom. The maximum absolute atomic E-state index is 11.3. The fraction of sp³-hybridized carbons (Fsp3) is 0.133. The summed E-state index contributed by atoms with van der Waals surface area (Å²) in [6.07, 6.45) is 0. The lowest BCUT2D eigenvalue weighted by Gasteiger charge is -2.09. The average molecular weight is 307 g/mol. The smallest absolute Gasteiger partial charge is 0.265 e. The highest BCUT2D eigenvalue weighted by Crippen LogP contribution is 2.16. The minimum absolute atomic E-state index is 0.340. The van der Waals surface area contributed by atoms with Crippen molar-refractivity contribution in [2.45, 2.75) is 0 Å². The molecule has 0 saturated carbocycles. The molecule has 2 aromatic rings. The number of amides is 1. The Morgan fingerprint density at radius 3 is 1.90 bits per heavy atom. The lowest BCUT2D eigenvalue weighted by Crippen LogP contribution is -2.29. The molecule has 0 radical (unpaired) electrons. The standard InChI is InChI=1S/C15H15ClN2O3/c16-12-3-7-14(8-4-12)21-10-9-20-13-5-1-11(2-6-13)15(19)18-17/h1-8H,9-10,17H2,(H,18,19). The molecule has 2 aromatic carbocycles. The van der Waals surface area contributed by atoms with E-state index in [1.165, 1.54) is 0 Å². The van der Waals surface area contributed by atoms with Crippen LogP contribution in [0.15, 0.2) is 48.5 Å². The number of carbonyl (C=O) groups is 1. The zero-order valence-corrected chi connectivity index (χ0v) is 12.0. The SMILES string of the molecule is NNC(=O)c1ccc(OCCOc2ccc(Cl)cc2)cc1. The van der Waals surface area contributed by atoms with Crippen LogP contribution in [0.1, 0.15) is 10.4 Å². The van der Waals surface area contributed by atoms with Gasteiger partial charge in [-0.3, -0.25) is 10.2 Å². The van der Waals surface area contributed by atoms with Crippen LogP contribution in [-0.4, -0.2) is 19.1 Å². The number of nitrogens with one attached hydrogen (secondary N) is 1. The number of hydrogen-bond acceptors (Lipinski definition) is 4. The Labute approximate surface area is 127 Å². The van der Waals surface area contributed by atoms with Crippen LogP contribution < -0.4 is 20.7 Å². The quantitative estimate of drug-likeness (QED) is 0.372. The number of benzene rings is 2. The van der Waals surface area contributed by atoms with Gasteiger partial charge < -0.3 is 9.47 Å². The number of halogens is 1. The minimum Gasteiger partial charge on any atom is -0.490 e. The van der Waals surface area contributed by atoms with Crippen LogP contribution in [0, 0.1) is 0 Å². The number of rotatable bonds is 6. The lowest BCUT2D eigenvalue weighted by atomic mass is 10.2. The highest BCUT2D eigenvalue weighted by molar-refractivity contribution is 6.30. The number of nitrogen functional groups attached to an aromatic ring is 1. The van der Waals surface area contributed by atoms with E-state index in [0.717, 1.165) is 5.75 Å². The van der Waals surface area contributed by atoms with E-state index < -0.39 is 0 Å². The fourth-order valence-electron chi connectivity index (χ4n) is 1.64. The summed E-state index contributed by atoms with van der Waals surface area (Å²) < 4.78 is 11.0. The highest BCUT2D eigenvalue weighted by atomic mass is 35.5. The predicted octanol–water partition coefficient (Wildman–Crippen LogP) is 2.40. The molecule has 0 heterocycles. The molecule has 0 bridgehead atoms. The van der Waals surface area contributed by atoms with Crippen molar-refractivity contribution in [2.75, 3.05) is 13.2 Å². The van der Waals surface area contributed by atoms with E-state index in [0.29, 0.717) is 29.5 Å². The Balaban J connectivity index is 1.75. The number of ether oxygens (including phenoxy) is 2. The first-order valence-corrected chi connectivity index (χ1v) is 6.69. The maximum atomic E-state index is 11.3. The van der Waals surface area contributed by atoms with Gasteiger partial charge in [-0.05, 0) is 48.5 Å².